The molecule has 0 saturated heterocycles. The summed E-state index contributed by atoms with van der Waals surface area (Å²) in [6.07, 6.45) is 2.05. The van der Waals surface area contributed by atoms with Crippen molar-refractivity contribution in [2.45, 2.75) is 42.7 Å². The van der Waals surface area contributed by atoms with Crippen molar-refractivity contribution in [1.82, 2.24) is 4.72 Å². The lowest BCUT2D eigenvalue weighted by Gasteiger charge is -2.26. The van der Waals surface area contributed by atoms with Crippen LogP contribution in [0.2, 0.25) is 10.0 Å². The van der Waals surface area contributed by atoms with E-state index in [1.54, 1.807) is 0 Å². The molecule has 0 atom stereocenters. The number of aliphatic hydroxyl groups is 1. The van der Waals surface area contributed by atoms with Crippen molar-refractivity contribution in [3.8, 4) is 0 Å². The van der Waals surface area contributed by atoms with Gasteiger partial charge in [0, 0.05) is 10.5 Å². The van der Waals surface area contributed by atoms with Gasteiger partial charge in [-0.1, -0.05) is 39.1 Å². The lowest BCUT2D eigenvalue weighted by Crippen LogP contribution is -2.38. The van der Waals surface area contributed by atoms with Crippen LogP contribution in [-0.2, 0) is 10.0 Å². The maximum atomic E-state index is 12.4. The van der Waals surface area contributed by atoms with E-state index in [-0.39, 0.29) is 27.1 Å². The van der Waals surface area contributed by atoms with Crippen molar-refractivity contribution < 1.29 is 13.5 Å². The number of nitrogens with one attached hydrogen (secondary N) is 1. The number of hydrogen-bond acceptors (Lipinski definition) is 3. The predicted molar refractivity (Wildman–Crippen MR) is 82.7 cm³/mol. The molecular formula is C12H14BrCl2NO3S. The van der Waals surface area contributed by atoms with Crippen LogP contribution in [0.3, 0.4) is 0 Å². The molecule has 1 saturated carbocycles. The second kappa shape index (κ2) is 6.50. The topological polar surface area (TPSA) is 66.4 Å². The van der Waals surface area contributed by atoms with Crippen molar-refractivity contribution in [2.24, 2.45) is 0 Å². The highest BCUT2D eigenvalue weighted by molar-refractivity contribution is 9.10. The Morgan fingerprint density at radius 3 is 2.15 bits per heavy atom. The molecule has 0 unspecified atom stereocenters. The second-order valence-electron chi connectivity index (χ2n) is 4.83. The molecule has 1 fully saturated rings. The second-order valence-corrected chi connectivity index (χ2v) is 8.21. The molecular weight excluding hydrogens is 389 g/mol. The van der Waals surface area contributed by atoms with E-state index in [2.05, 4.69) is 20.7 Å². The van der Waals surface area contributed by atoms with Crippen LogP contribution in [0.4, 0.5) is 0 Å². The summed E-state index contributed by atoms with van der Waals surface area (Å²) in [5.74, 6) is 0. The normalized spacial score (nSPS) is 23.8. The third-order valence-electron chi connectivity index (χ3n) is 3.25. The maximum absolute atomic E-state index is 12.4. The third-order valence-corrected chi connectivity index (χ3v) is 6.15. The molecule has 0 spiro atoms. The van der Waals surface area contributed by atoms with Crippen molar-refractivity contribution in [2.75, 3.05) is 0 Å². The number of sulfonamides is 1. The first-order valence-corrected chi connectivity index (χ1v) is 9.18. The average Bonchev–Trinajstić information content (AvgIpc) is 2.30. The minimum absolute atomic E-state index is 0.0766. The van der Waals surface area contributed by atoms with Gasteiger partial charge in [-0.15, -0.1) is 0 Å². The molecule has 2 rings (SSSR count). The summed E-state index contributed by atoms with van der Waals surface area (Å²) in [5, 5.41) is 9.59. The summed E-state index contributed by atoms with van der Waals surface area (Å²) < 4.78 is 28.0. The van der Waals surface area contributed by atoms with E-state index < -0.39 is 10.0 Å². The summed E-state index contributed by atoms with van der Waals surface area (Å²) >= 11 is 15.2. The van der Waals surface area contributed by atoms with Crippen LogP contribution in [0, 0.1) is 0 Å². The number of halogens is 3. The van der Waals surface area contributed by atoms with Gasteiger partial charge in [-0.05, 0) is 37.8 Å². The highest BCUT2D eigenvalue weighted by atomic mass is 79.9. The number of aliphatic hydroxyl groups excluding tert-OH is 1. The Morgan fingerprint density at radius 1 is 1.15 bits per heavy atom. The van der Waals surface area contributed by atoms with Gasteiger partial charge in [0.1, 0.15) is 4.90 Å². The first kappa shape index (κ1) is 16.5. The first-order valence-electron chi connectivity index (χ1n) is 6.14. The standard InChI is InChI=1S/C12H14BrCl2NO3S/c13-7-5-10(14)12(11(15)6-7)20(18,19)16-8-1-3-9(17)4-2-8/h5-6,8-9,16-17H,1-4H2. The van der Waals surface area contributed by atoms with E-state index >= 15 is 0 Å². The number of rotatable bonds is 3. The Hall–Kier alpha value is 0.150. The Kier molecular flexibility index (Phi) is 5.37. The van der Waals surface area contributed by atoms with Crippen molar-refractivity contribution in [3.05, 3.63) is 26.7 Å². The van der Waals surface area contributed by atoms with E-state index in [0.717, 1.165) is 0 Å². The van der Waals surface area contributed by atoms with Crippen molar-refractivity contribution in [1.29, 1.82) is 0 Å². The van der Waals surface area contributed by atoms with E-state index in [9.17, 15) is 13.5 Å². The molecule has 0 aliphatic heterocycles. The van der Waals surface area contributed by atoms with Crippen LogP contribution in [0.15, 0.2) is 21.5 Å². The molecule has 1 aromatic carbocycles. The van der Waals surface area contributed by atoms with Gasteiger partial charge in [0.2, 0.25) is 10.0 Å². The molecule has 0 radical (unpaired) electrons. The lowest BCUT2D eigenvalue weighted by molar-refractivity contribution is 0.120. The average molecular weight is 403 g/mol. The monoisotopic (exact) mass is 401 g/mol. The zero-order chi connectivity index (χ0) is 14.9. The Labute approximate surface area is 136 Å². The zero-order valence-electron chi connectivity index (χ0n) is 10.4. The predicted octanol–water partition coefficient (Wildman–Crippen LogP) is 3.34. The Morgan fingerprint density at radius 2 is 1.65 bits per heavy atom. The molecule has 0 amide bonds. The SMILES string of the molecule is O=S(=O)(NC1CCC(O)CC1)c1c(Cl)cc(Br)cc1Cl. The fourth-order valence-corrected chi connectivity index (χ4v) is 5.50. The zero-order valence-corrected chi connectivity index (χ0v) is 14.4. The molecule has 0 bridgehead atoms. The fraction of sp³-hybridized carbons (Fsp3) is 0.500. The third kappa shape index (κ3) is 3.87. The summed E-state index contributed by atoms with van der Waals surface area (Å²) in [6.45, 7) is 0. The molecule has 8 heteroatoms. The quantitative estimate of drug-likeness (QED) is 0.814. The van der Waals surface area contributed by atoms with Crippen LogP contribution in [-0.4, -0.2) is 25.7 Å². The molecule has 1 aliphatic rings. The fourth-order valence-electron chi connectivity index (χ4n) is 2.26. The van der Waals surface area contributed by atoms with Gasteiger partial charge in [0.15, 0.2) is 0 Å². The molecule has 20 heavy (non-hydrogen) atoms. The van der Waals surface area contributed by atoms with Crippen molar-refractivity contribution in [3.63, 3.8) is 0 Å². The summed E-state index contributed by atoms with van der Waals surface area (Å²) in [7, 11) is -3.77. The Bertz CT molecular complexity index is 578. The minimum Gasteiger partial charge on any atom is -0.393 e. The van der Waals surface area contributed by atoms with Crippen LogP contribution >= 0.6 is 39.1 Å². The van der Waals surface area contributed by atoms with Crippen LogP contribution in [0.5, 0.6) is 0 Å². The van der Waals surface area contributed by atoms with Gasteiger partial charge in [-0.25, -0.2) is 13.1 Å². The van der Waals surface area contributed by atoms with E-state index in [1.807, 2.05) is 0 Å². The van der Waals surface area contributed by atoms with Crippen LogP contribution < -0.4 is 4.72 Å². The molecule has 2 N–H and O–H groups in total. The van der Waals surface area contributed by atoms with E-state index in [0.29, 0.717) is 30.2 Å². The molecule has 1 aliphatic carbocycles. The van der Waals surface area contributed by atoms with Crippen LogP contribution in [0.25, 0.3) is 0 Å². The number of benzene rings is 1. The summed E-state index contributed by atoms with van der Waals surface area (Å²) in [6, 6.07) is 2.79. The van der Waals surface area contributed by atoms with Gasteiger partial charge in [-0.2, -0.15) is 0 Å². The van der Waals surface area contributed by atoms with E-state index in [1.165, 1.54) is 12.1 Å². The molecule has 0 heterocycles. The van der Waals surface area contributed by atoms with E-state index in [4.69, 9.17) is 23.2 Å². The van der Waals surface area contributed by atoms with Gasteiger partial charge < -0.3 is 5.11 Å². The minimum atomic E-state index is -3.77. The largest absolute Gasteiger partial charge is 0.393 e. The first-order chi connectivity index (χ1) is 9.29. The molecule has 0 aromatic heterocycles. The molecule has 4 nitrogen and oxygen atoms in total. The van der Waals surface area contributed by atoms with Crippen molar-refractivity contribution >= 4 is 49.2 Å². The summed E-state index contributed by atoms with van der Waals surface area (Å²) in [5.41, 5.74) is 0. The van der Waals surface area contributed by atoms with Gasteiger partial charge in [0.25, 0.3) is 0 Å². The van der Waals surface area contributed by atoms with Crippen LogP contribution in [0.1, 0.15) is 25.7 Å². The van der Waals surface area contributed by atoms with Gasteiger partial charge in [0.05, 0.1) is 16.1 Å². The highest BCUT2D eigenvalue weighted by Crippen LogP contribution is 2.33. The summed E-state index contributed by atoms with van der Waals surface area (Å²) in [4.78, 5) is -0.102. The Balaban J connectivity index is 2.23. The van der Waals surface area contributed by atoms with Gasteiger partial charge in [-0.3, -0.25) is 0 Å². The van der Waals surface area contributed by atoms with Gasteiger partial charge >= 0.3 is 0 Å². The molecule has 112 valence electrons. The highest BCUT2D eigenvalue weighted by Gasteiger charge is 2.28. The number of hydrogen-bond donors (Lipinski definition) is 2. The molecule has 1 aromatic rings. The lowest BCUT2D eigenvalue weighted by atomic mass is 9.94. The maximum Gasteiger partial charge on any atom is 0.243 e. The smallest absolute Gasteiger partial charge is 0.243 e.